The zero-order valence-electron chi connectivity index (χ0n) is 10.3. The van der Waals surface area contributed by atoms with Crippen LogP contribution in [-0.4, -0.2) is 0 Å². The second-order valence-electron chi connectivity index (χ2n) is 4.14. The maximum Gasteiger partial charge on any atom is 0.182 e. The zero-order chi connectivity index (χ0) is 13.1. The highest BCUT2D eigenvalue weighted by molar-refractivity contribution is 5.94. The van der Waals surface area contributed by atoms with Crippen molar-refractivity contribution in [1.82, 2.24) is 0 Å². The van der Waals surface area contributed by atoms with E-state index in [4.69, 9.17) is 16.2 Å². The molecule has 0 aliphatic rings. The van der Waals surface area contributed by atoms with Gasteiger partial charge in [0, 0.05) is 5.56 Å². The van der Waals surface area contributed by atoms with Gasteiger partial charge in [0.2, 0.25) is 0 Å². The maximum absolute atomic E-state index is 6.05. The normalized spacial score (nSPS) is 11.5. The first-order chi connectivity index (χ1) is 8.59. The summed E-state index contributed by atoms with van der Waals surface area (Å²) >= 11 is 0. The van der Waals surface area contributed by atoms with E-state index < -0.39 is 0 Å². The van der Waals surface area contributed by atoms with E-state index in [1.165, 1.54) is 6.26 Å². The lowest BCUT2D eigenvalue weighted by Crippen LogP contribution is -2.03. The Morgan fingerprint density at radius 3 is 2.61 bits per heavy atom. The van der Waals surface area contributed by atoms with Crippen LogP contribution in [0.5, 0.6) is 0 Å². The van der Waals surface area contributed by atoms with E-state index in [2.05, 4.69) is 12.6 Å². The van der Waals surface area contributed by atoms with Crippen LogP contribution in [0.4, 0.5) is 0 Å². The number of fused-ring (bicyclic) bond motifs is 1. The fourth-order valence-electron chi connectivity index (χ4n) is 1.96. The molecule has 2 rings (SSSR count). The average molecular weight is 240 g/mol. The first-order valence-electron chi connectivity index (χ1n) is 5.65. The third-order valence-electron chi connectivity index (χ3n) is 2.76. The number of hydrogen-bond donors (Lipinski definition) is 2. The first kappa shape index (κ1) is 12.0. The topological polar surface area (TPSA) is 61.3 Å². The van der Waals surface area contributed by atoms with E-state index in [1.807, 2.05) is 37.3 Å². The Hall–Kier alpha value is -2.42. The molecule has 3 nitrogen and oxygen atoms in total. The zero-order valence-corrected chi connectivity index (χ0v) is 10.3. The van der Waals surface area contributed by atoms with Crippen LogP contribution in [0.25, 0.3) is 16.5 Å². The first-order valence-corrected chi connectivity index (χ1v) is 5.65. The van der Waals surface area contributed by atoms with Gasteiger partial charge in [-0.1, -0.05) is 36.4 Å². The summed E-state index contributed by atoms with van der Waals surface area (Å²) in [6.45, 7) is 5.47. The molecule has 0 amide bonds. The van der Waals surface area contributed by atoms with Crippen molar-refractivity contribution in [2.45, 2.75) is 6.92 Å². The molecule has 0 radical (unpaired) electrons. The lowest BCUT2D eigenvalue weighted by molar-refractivity contribution is 0.350. The summed E-state index contributed by atoms with van der Waals surface area (Å²) in [4.78, 5) is 0. The highest BCUT2D eigenvalue weighted by Crippen LogP contribution is 2.26. The molecule has 3 heteroatoms. The van der Waals surface area contributed by atoms with Gasteiger partial charge in [-0.05, 0) is 29.8 Å². The molecule has 0 bridgehead atoms. The van der Waals surface area contributed by atoms with Crippen molar-refractivity contribution >= 4 is 16.5 Å². The minimum absolute atomic E-state index is 0.121. The van der Waals surface area contributed by atoms with E-state index in [9.17, 15) is 0 Å². The van der Waals surface area contributed by atoms with Crippen LogP contribution in [0, 0.1) is 6.92 Å². The van der Waals surface area contributed by atoms with Crippen molar-refractivity contribution in [2.24, 2.45) is 11.5 Å². The Morgan fingerprint density at radius 2 is 1.89 bits per heavy atom. The molecule has 2 aromatic rings. The van der Waals surface area contributed by atoms with Gasteiger partial charge < -0.3 is 16.2 Å². The molecule has 92 valence electrons. The molecule has 0 heterocycles. The van der Waals surface area contributed by atoms with Crippen LogP contribution in [0.15, 0.2) is 55.1 Å². The summed E-state index contributed by atoms with van der Waals surface area (Å²) in [5, 5.41) is 2.23. The minimum Gasteiger partial charge on any atom is -0.448 e. The summed E-state index contributed by atoms with van der Waals surface area (Å²) < 4.78 is 5.06. The van der Waals surface area contributed by atoms with Gasteiger partial charge in [-0.2, -0.15) is 0 Å². The molecule has 0 spiro atoms. The summed E-state index contributed by atoms with van der Waals surface area (Å²) in [7, 11) is 0. The van der Waals surface area contributed by atoms with Crippen LogP contribution in [0.3, 0.4) is 0 Å². The number of nitrogens with two attached hydrogens (primary N) is 2. The molecule has 0 aliphatic heterocycles. The van der Waals surface area contributed by atoms with Crippen LogP contribution >= 0.6 is 0 Å². The number of aryl methyl sites for hydroxylation is 1. The van der Waals surface area contributed by atoms with Gasteiger partial charge in [0.05, 0.1) is 5.70 Å². The van der Waals surface area contributed by atoms with Gasteiger partial charge in [-0.25, -0.2) is 0 Å². The predicted molar refractivity (Wildman–Crippen MR) is 75.3 cm³/mol. The molecule has 0 saturated heterocycles. The van der Waals surface area contributed by atoms with Crippen molar-refractivity contribution in [3.05, 3.63) is 66.2 Å². The van der Waals surface area contributed by atoms with Crippen molar-refractivity contribution in [1.29, 1.82) is 0 Å². The number of ether oxygens (including phenoxy) is 1. The summed E-state index contributed by atoms with van der Waals surface area (Å²) in [5.41, 5.74) is 14.0. The van der Waals surface area contributed by atoms with Gasteiger partial charge in [-0.3, -0.25) is 0 Å². The lowest BCUT2D eigenvalue weighted by Gasteiger charge is -2.10. The van der Waals surface area contributed by atoms with Gasteiger partial charge in [0.1, 0.15) is 6.26 Å². The van der Waals surface area contributed by atoms with Gasteiger partial charge >= 0.3 is 0 Å². The third-order valence-corrected chi connectivity index (χ3v) is 2.76. The molecule has 0 unspecified atom stereocenters. The molecular weight excluding hydrogens is 224 g/mol. The fraction of sp³-hybridized carbons (Fsp3) is 0.0667. The van der Waals surface area contributed by atoms with Crippen molar-refractivity contribution in [3.63, 3.8) is 0 Å². The minimum atomic E-state index is 0.121. The summed E-state index contributed by atoms with van der Waals surface area (Å²) in [5.74, 6) is 0.121. The Labute approximate surface area is 106 Å². The maximum atomic E-state index is 6.05. The summed E-state index contributed by atoms with van der Waals surface area (Å²) in [6.07, 6.45) is 1.43. The Kier molecular flexibility index (Phi) is 3.24. The van der Waals surface area contributed by atoms with Gasteiger partial charge in [0.15, 0.2) is 5.88 Å². The van der Waals surface area contributed by atoms with E-state index in [-0.39, 0.29) is 5.88 Å². The van der Waals surface area contributed by atoms with E-state index in [1.54, 1.807) is 0 Å². The van der Waals surface area contributed by atoms with Crippen LogP contribution < -0.4 is 11.5 Å². The van der Waals surface area contributed by atoms with E-state index in [0.29, 0.717) is 5.70 Å². The summed E-state index contributed by atoms with van der Waals surface area (Å²) in [6, 6.07) is 12.2. The van der Waals surface area contributed by atoms with Crippen LogP contribution in [0.1, 0.15) is 11.1 Å². The quantitative estimate of drug-likeness (QED) is 0.811. The fourth-order valence-corrected chi connectivity index (χ4v) is 1.96. The van der Waals surface area contributed by atoms with E-state index >= 15 is 0 Å². The van der Waals surface area contributed by atoms with Gasteiger partial charge in [-0.15, -0.1) is 0 Å². The monoisotopic (exact) mass is 240 g/mol. The van der Waals surface area contributed by atoms with E-state index in [0.717, 1.165) is 21.9 Å². The highest BCUT2D eigenvalue weighted by atomic mass is 16.5. The average Bonchev–Trinajstić information content (AvgIpc) is 2.36. The molecule has 0 aromatic heterocycles. The molecule has 4 N–H and O–H groups in total. The molecule has 0 fully saturated rings. The molecule has 2 aromatic carbocycles. The van der Waals surface area contributed by atoms with Crippen molar-refractivity contribution < 1.29 is 4.74 Å². The number of benzene rings is 2. The highest BCUT2D eigenvalue weighted by Gasteiger charge is 2.07. The second kappa shape index (κ2) is 4.84. The smallest absolute Gasteiger partial charge is 0.182 e. The van der Waals surface area contributed by atoms with Crippen LogP contribution in [-0.2, 0) is 4.74 Å². The van der Waals surface area contributed by atoms with Crippen molar-refractivity contribution in [3.8, 4) is 0 Å². The van der Waals surface area contributed by atoms with Crippen LogP contribution in [0.2, 0.25) is 0 Å². The third kappa shape index (κ3) is 2.30. The van der Waals surface area contributed by atoms with Gasteiger partial charge in [0.25, 0.3) is 0 Å². The molecule has 0 aliphatic carbocycles. The lowest BCUT2D eigenvalue weighted by atomic mass is 9.98. The standard InChI is InChI=1S/C15H16N2O/c1-10-7-8-12-5-3-4-6-13(12)15(10)14(17)9-18-11(2)16/h3-9H,2,16-17H2,1H3/b14-9-. The Balaban J connectivity index is 2.58. The SMILES string of the molecule is C=C(N)O/C=C(\N)c1c(C)ccc2ccccc12. The Bertz CT molecular complexity index is 629. The second-order valence-corrected chi connectivity index (χ2v) is 4.14. The largest absolute Gasteiger partial charge is 0.448 e. The molecule has 0 saturated carbocycles. The predicted octanol–water partition coefficient (Wildman–Crippen LogP) is 2.85. The van der Waals surface area contributed by atoms with Crippen molar-refractivity contribution in [2.75, 3.05) is 0 Å². The molecule has 0 atom stereocenters. The number of rotatable bonds is 3. The Morgan fingerprint density at radius 1 is 1.17 bits per heavy atom. The number of hydrogen-bond acceptors (Lipinski definition) is 3. The molecule has 18 heavy (non-hydrogen) atoms. The molecular formula is C15H16N2O.